The highest BCUT2D eigenvalue weighted by molar-refractivity contribution is 7.89. The molecule has 0 aliphatic heterocycles. The first-order valence-electron chi connectivity index (χ1n) is 9.79. The quantitative estimate of drug-likeness (QED) is 0.429. The fourth-order valence-corrected chi connectivity index (χ4v) is 4.37. The number of benzene rings is 2. The topological polar surface area (TPSA) is 156 Å². The van der Waals surface area contributed by atoms with Crippen LogP contribution in [0, 0.1) is 10.1 Å². The number of non-ortho nitro benzene ring substituents is 1. The van der Waals surface area contributed by atoms with Crippen LogP contribution < -0.4 is 5.32 Å². The van der Waals surface area contributed by atoms with Crippen LogP contribution in [0.1, 0.15) is 33.3 Å². The van der Waals surface area contributed by atoms with E-state index in [4.69, 9.17) is 4.74 Å². The van der Waals surface area contributed by atoms with Crippen molar-refractivity contribution in [1.82, 2.24) is 4.31 Å². The number of nitro benzene ring substituents is 1. The van der Waals surface area contributed by atoms with E-state index in [1.54, 1.807) is 20.8 Å². The van der Waals surface area contributed by atoms with Gasteiger partial charge in [0.25, 0.3) is 5.69 Å². The van der Waals surface area contributed by atoms with Crippen molar-refractivity contribution in [3.63, 3.8) is 0 Å². The molecule has 178 valence electrons. The van der Waals surface area contributed by atoms with Crippen LogP contribution in [0.5, 0.6) is 0 Å². The van der Waals surface area contributed by atoms with Crippen LogP contribution in [0.25, 0.3) is 0 Å². The molecule has 0 radical (unpaired) electrons. The number of ether oxygens (including phenoxy) is 1. The van der Waals surface area contributed by atoms with E-state index in [0.717, 1.165) is 4.31 Å². The van der Waals surface area contributed by atoms with Crippen molar-refractivity contribution < 1.29 is 32.8 Å². The molecule has 11 nitrogen and oxygen atoms in total. The molecule has 0 fully saturated rings. The summed E-state index contributed by atoms with van der Waals surface area (Å²) in [7, 11) is -4.34. The molecule has 0 bridgehead atoms. The number of aliphatic carboxylic acids is 1. The Balaban J connectivity index is 2.37. The monoisotopic (exact) mass is 479 g/mol. The van der Waals surface area contributed by atoms with Crippen molar-refractivity contribution in [3.05, 3.63) is 64.2 Å². The number of amides is 1. The summed E-state index contributed by atoms with van der Waals surface area (Å²) >= 11 is 0. The molecule has 33 heavy (non-hydrogen) atoms. The summed E-state index contributed by atoms with van der Waals surface area (Å²) in [6, 6.07) is 9.01. The average molecular weight is 480 g/mol. The number of rotatable bonds is 8. The molecule has 2 aromatic carbocycles. The molecule has 2 aromatic rings. The number of nitrogens with one attached hydrogen (secondary N) is 1. The molecule has 0 spiro atoms. The second-order valence-corrected chi connectivity index (χ2v) is 10.0. The minimum Gasteiger partial charge on any atom is -0.480 e. The zero-order valence-electron chi connectivity index (χ0n) is 18.5. The van der Waals surface area contributed by atoms with Crippen molar-refractivity contribution in [2.24, 2.45) is 0 Å². The van der Waals surface area contributed by atoms with Gasteiger partial charge in [-0.1, -0.05) is 18.2 Å². The first-order valence-corrected chi connectivity index (χ1v) is 11.2. The summed E-state index contributed by atoms with van der Waals surface area (Å²) in [5.74, 6) is -1.37. The molecular weight excluding hydrogens is 454 g/mol. The SMILES string of the molecule is C[C@@H](C(=O)O)N(Cc1ccc([N+](=O)[O-])cc1)S(=O)(=O)c1cccc(NC(=O)OC(C)(C)C)c1. The summed E-state index contributed by atoms with van der Waals surface area (Å²) in [6.45, 7) is 5.91. The number of carboxylic acids is 1. The Labute approximate surface area is 191 Å². The number of carbonyl (C=O) groups is 2. The van der Waals surface area contributed by atoms with Crippen LogP contribution in [-0.4, -0.2) is 46.5 Å². The highest BCUT2D eigenvalue weighted by Gasteiger charge is 2.33. The predicted octanol–water partition coefficient (Wildman–Crippen LogP) is 3.61. The molecule has 0 heterocycles. The van der Waals surface area contributed by atoms with E-state index in [1.807, 2.05) is 0 Å². The molecule has 0 aliphatic carbocycles. The molecular formula is C21H25N3O8S. The zero-order valence-corrected chi connectivity index (χ0v) is 19.3. The number of hydrogen-bond acceptors (Lipinski definition) is 7. The number of nitrogens with zero attached hydrogens (tertiary/aromatic N) is 2. The Morgan fingerprint density at radius 1 is 1.18 bits per heavy atom. The predicted molar refractivity (Wildman–Crippen MR) is 119 cm³/mol. The van der Waals surface area contributed by atoms with E-state index in [1.165, 1.54) is 55.5 Å². The summed E-state index contributed by atoms with van der Waals surface area (Å²) in [4.78, 5) is 33.7. The van der Waals surface area contributed by atoms with Gasteiger partial charge in [0, 0.05) is 24.4 Å². The Morgan fingerprint density at radius 3 is 2.30 bits per heavy atom. The summed E-state index contributed by atoms with van der Waals surface area (Å²) in [5, 5.41) is 22.8. The smallest absolute Gasteiger partial charge is 0.412 e. The Hall–Kier alpha value is -3.51. The van der Waals surface area contributed by atoms with Crippen LogP contribution in [0.2, 0.25) is 0 Å². The molecule has 0 saturated carbocycles. The van der Waals surface area contributed by atoms with E-state index in [0.29, 0.717) is 5.56 Å². The summed E-state index contributed by atoms with van der Waals surface area (Å²) in [5.41, 5.74) is -0.434. The highest BCUT2D eigenvalue weighted by Crippen LogP contribution is 2.25. The van der Waals surface area contributed by atoms with Crippen LogP contribution >= 0.6 is 0 Å². The van der Waals surface area contributed by atoms with Crippen molar-refractivity contribution in [2.45, 2.75) is 50.8 Å². The van der Waals surface area contributed by atoms with Crippen molar-refractivity contribution in [1.29, 1.82) is 0 Å². The normalized spacial score (nSPS) is 12.8. The van der Waals surface area contributed by atoms with Crippen molar-refractivity contribution in [3.8, 4) is 0 Å². The van der Waals surface area contributed by atoms with Crippen molar-refractivity contribution >= 4 is 33.5 Å². The molecule has 2 N–H and O–H groups in total. The second-order valence-electron chi connectivity index (χ2n) is 8.14. The largest absolute Gasteiger partial charge is 0.480 e. The van der Waals surface area contributed by atoms with E-state index in [9.17, 15) is 33.2 Å². The molecule has 0 unspecified atom stereocenters. The molecule has 0 aromatic heterocycles. The number of nitro groups is 1. The van der Waals surface area contributed by atoms with Gasteiger partial charge >= 0.3 is 12.1 Å². The lowest BCUT2D eigenvalue weighted by Gasteiger charge is -2.26. The van der Waals surface area contributed by atoms with Gasteiger partial charge in [-0.25, -0.2) is 13.2 Å². The van der Waals surface area contributed by atoms with E-state index in [-0.39, 0.29) is 22.8 Å². The van der Waals surface area contributed by atoms with E-state index in [2.05, 4.69) is 5.32 Å². The number of anilines is 1. The van der Waals surface area contributed by atoms with Gasteiger partial charge in [0.1, 0.15) is 11.6 Å². The van der Waals surface area contributed by atoms with Gasteiger partial charge in [0.15, 0.2) is 0 Å². The number of carboxylic acid groups (broad SMARTS) is 1. The van der Waals surface area contributed by atoms with Gasteiger partial charge in [-0.3, -0.25) is 20.2 Å². The third kappa shape index (κ3) is 6.99. The first kappa shape index (κ1) is 25.7. The number of carbonyl (C=O) groups excluding carboxylic acids is 1. The second kappa shape index (κ2) is 9.96. The molecule has 0 saturated heterocycles. The minimum atomic E-state index is -4.34. The van der Waals surface area contributed by atoms with E-state index >= 15 is 0 Å². The lowest BCUT2D eigenvalue weighted by molar-refractivity contribution is -0.384. The Morgan fingerprint density at radius 2 is 1.79 bits per heavy atom. The van der Waals surface area contributed by atoms with Gasteiger partial charge in [-0.15, -0.1) is 0 Å². The van der Waals surface area contributed by atoms with Crippen molar-refractivity contribution in [2.75, 3.05) is 5.32 Å². The zero-order chi connectivity index (χ0) is 25.0. The standard InChI is InChI=1S/C21H25N3O8S/c1-14(19(25)26)23(13-15-8-10-17(11-9-15)24(28)29)33(30,31)18-7-5-6-16(12-18)22-20(27)32-21(2,3)4/h5-12,14H,13H2,1-4H3,(H,22,27)(H,25,26)/t14-/m0/s1. The minimum absolute atomic E-state index is 0.142. The van der Waals surface area contributed by atoms with Crippen LogP contribution in [0.15, 0.2) is 53.4 Å². The molecule has 1 atom stereocenters. The lowest BCUT2D eigenvalue weighted by atomic mass is 10.2. The summed E-state index contributed by atoms with van der Waals surface area (Å²) in [6.07, 6.45) is -0.779. The first-order chi connectivity index (χ1) is 15.2. The maximum absolute atomic E-state index is 13.3. The Bertz CT molecular complexity index is 1140. The maximum atomic E-state index is 13.3. The molecule has 0 aliphatic rings. The molecule has 12 heteroatoms. The third-order valence-electron chi connectivity index (χ3n) is 4.36. The molecule has 1 amide bonds. The van der Waals surface area contributed by atoms with Gasteiger partial charge < -0.3 is 9.84 Å². The van der Waals surface area contributed by atoms with Gasteiger partial charge in [-0.05, 0) is 51.5 Å². The van der Waals surface area contributed by atoms with Crippen LogP contribution in [0.4, 0.5) is 16.2 Å². The fourth-order valence-electron chi connectivity index (χ4n) is 2.75. The fraction of sp³-hybridized carbons (Fsp3) is 0.333. The van der Waals surface area contributed by atoms with Gasteiger partial charge in [0.2, 0.25) is 10.0 Å². The van der Waals surface area contributed by atoms with Gasteiger partial charge in [-0.2, -0.15) is 4.31 Å². The van der Waals surface area contributed by atoms with Crippen LogP contribution in [-0.2, 0) is 26.1 Å². The summed E-state index contributed by atoms with van der Waals surface area (Å²) < 4.78 is 32.6. The maximum Gasteiger partial charge on any atom is 0.412 e. The molecule has 2 rings (SSSR count). The van der Waals surface area contributed by atoms with E-state index < -0.39 is 38.7 Å². The lowest BCUT2D eigenvalue weighted by Crippen LogP contribution is -2.42. The number of hydrogen-bond donors (Lipinski definition) is 2. The van der Waals surface area contributed by atoms with Crippen LogP contribution in [0.3, 0.4) is 0 Å². The highest BCUT2D eigenvalue weighted by atomic mass is 32.2. The number of sulfonamides is 1. The third-order valence-corrected chi connectivity index (χ3v) is 6.27. The average Bonchev–Trinajstić information content (AvgIpc) is 2.70. The van der Waals surface area contributed by atoms with Gasteiger partial charge in [0.05, 0.1) is 9.82 Å². The Kier molecular flexibility index (Phi) is 7.77.